The van der Waals surface area contributed by atoms with Gasteiger partial charge < -0.3 is 4.42 Å². The molecule has 0 spiro atoms. The minimum Gasteiger partial charge on any atom is -0.436 e. The summed E-state index contributed by atoms with van der Waals surface area (Å²) < 4.78 is 5.63. The van der Waals surface area contributed by atoms with Crippen LogP contribution in [0.15, 0.2) is 46.9 Å². The van der Waals surface area contributed by atoms with Crippen LogP contribution in [0.25, 0.3) is 22.6 Å². The standard InChI is InChI=1S/C15H9N3O3/c16-9-8-11-12(18(19)20)6-7-13-14(11)17-15(21-13)10-4-2-1-3-5-10/h1-7H,8H2. The minimum absolute atomic E-state index is 0.0889. The molecule has 0 atom stereocenters. The van der Waals surface area contributed by atoms with E-state index in [1.165, 1.54) is 12.1 Å². The Kier molecular flexibility index (Phi) is 3.09. The lowest BCUT2D eigenvalue weighted by molar-refractivity contribution is -0.385. The van der Waals surface area contributed by atoms with E-state index in [-0.39, 0.29) is 17.7 Å². The van der Waals surface area contributed by atoms with Crippen molar-refractivity contribution < 1.29 is 9.34 Å². The number of nitro benzene ring substituents is 1. The Bertz CT molecular complexity index is 863. The van der Waals surface area contributed by atoms with Crippen molar-refractivity contribution in [3.63, 3.8) is 0 Å². The first-order valence-electron chi connectivity index (χ1n) is 6.20. The molecule has 1 heterocycles. The number of aromatic nitrogens is 1. The van der Waals surface area contributed by atoms with Gasteiger partial charge in [-0.2, -0.15) is 5.26 Å². The molecular weight excluding hydrogens is 270 g/mol. The van der Waals surface area contributed by atoms with Crippen LogP contribution in [0.3, 0.4) is 0 Å². The Morgan fingerprint density at radius 3 is 2.67 bits per heavy atom. The van der Waals surface area contributed by atoms with Crippen molar-refractivity contribution in [2.75, 3.05) is 0 Å². The zero-order valence-corrected chi connectivity index (χ0v) is 10.8. The number of nitriles is 1. The van der Waals surface area contributed by atoms with Crippen molar-refractivity contribution >= 4 is 16.8 Å². The third kappa shape index (κ3) is 2.21. The molecule has 0 amide bonds. The molecule has 3 aromatic rings. The lowest BCUT2D eigenvalue weighted by Crippen LogP contribution is -1.95. The number of benzene rings is 2. The summed E-state index contributed by atoms with van der Waals surface area (Å²) in [5.41, 5.74) is 1.75. The van der Waals surface area contributed by atoms with Crippen LogP contribution in [0, 0.1) is 21.4 Å². The van der Waals surface area contributed by atoms with Crippen LogP contribution in [-0.4, -0.2) is 9.91 Å². The Labute approximate surface area is 119 Å². The Balaban J connectivity index is 2.24. The molecule has 2 aromatic carbocycles. The van der Waals surface area contributed by atoms with E-state index in [0.717, 1.165) is 5.56 Å². The monoisotopic (exact) mass is 279 g/mol. The number of nitrogens with zero attached hydrogens (tertiary/aromatic N) is 3. The maximum absolute atomic E-state index is 11.1. The number of hydrogen-bond donors (Lipinski definition) is 0. The van der Waals surface area contributed by atoms with Gasteiger partial charge in [0, 0.05) is 11.6 Å². The maximum atomic E-state index is 11.1. The molecule has 0 aliphatic rings. The quantitative estimate of drug-likeness (QED) is 0.540. The lowest BCUT2D eigenvalue weighted by Gasteiger charge is -1.97. The molecule has 0 unspecified atom stereocenters. The molecule has 21 heavy (non-hydrogen) atoms. The summed E-state index contributed by atoms with van der Waals surface area (Å²) >= 11 is 0. The lowest BCUT2D eigenvalue weighted by atomic mass is 10.1. The molecule has 102 valence electrons. The van der Waals surface area contributed by atoms with E-state index in [9.17, 15) is 10.1 Å². The third-order valence-electron chi connectivity index (χ3n) is 3.11. The van der Waals surface area contributed by atoms with Gasteiger partial charge in [-0.1, -0.05) is 18.2 Å². The van der Waals surface area contributed by atoms with E-state index >= 15 is 0 Å². The molecule has 0 radical (unpaired) electrons. The molecule has 6 heteroatoms. The summed E-state index contributed by atoms with van der Waals surface area (Å²) in [5.74, 6) is 0.380. The van der Waals surface area contributed by atoms with Crippen molar-refractivity contribution in [2.45, 2.75) is 6.42 Å². The van der Waals surface area contributed by atoms with Gasteiger partial charge in [-0.15, -0.1) is 0 Å². The number of oxazole rings is 1. The van der Waals surface area contributed by atoms with Gasteiger partial charge in [0.05, 0.1) is 23.0 Å². The SMILES string of the molecule is N#CCc1c([N+](=O)[O-])ccc2oc(-c3ccccc3)nc12. The van der Waals surface area contributed by atoms with Gasteiger partial charge in [0.15, 0.2) is 5.58 Å². The fourth-order valence-electron chi connectivity index (χ4n) is 2.17. The number of fused-ring (bicyclic) bond motifs is 1. The first-order chi connectivity index (χ1) is 10.2. The van der Waals surface area contributed by atoms with Gasteiger partial charge in [0.2, 0.25) is 5.89 Å². The molecule has 1 aromatic heterocycles. The normalized spacial score (nSPS) is 10.4. The van der Waals surface area contributed by atoms with E-state index in [0.29, 0.717) is 17.0 Å². The molecule has 0 saturated carbocycles. The molecule has 6 nitrogen and oxygen atoms in total. The fraction of sp³-hybridized carbons (Fsp3) is 0.0667. The Morgan fingerprint density at radius 1 is 1.24 bits per heavy atom. The highest BCUT2D eigenvalue weighted by atomic mass is 16.6. The summed E-state index contributed by atoms with van der Waals surface area (Å²) in [5, 5.41) is 19.9. The summed E-state index contributed by atoms with van der Waals surface area (Å²) in [7, 11) is 0. The van der Waals surface area contributed by atoms with Crippen LogP contribution in [-0.2, 0) is 6.42 Å². The van der Waals surface area contributed by atoms with Crippen LogP contribution in [0.5, 0.6) is 0 Å². The second kappa shape index (κ2) is 5.06. The first-order valence-corrected chi connectivity index (χ1v) is 6.20. The second-order valence-electron chi connectivity index (χ2n) is 4.39. The average molecular weight is 279 g/mol. The predicted molar refractivity (Wildman–Crippen MR) is 75.4 cm³/mol. The smallest absolute Gasteiger partial charge is 0.276 e. The molecule has 0 saturated heterocycles. The topological polar surface area (TPSA) is 93.0 Å². The minimum atomic E-state index is -0.511. The number of hydrogen-bond acceptors (Lipinski definition) is 5. The van der Waals surface area contributed by atoms with Crippen LogP contribution < -0.4 is 0 Å². The Morgan fingerprint density at radius 2 is 2.00 bits per heavy atom. The van der Waals surface area contributed by atoms with Crippen molar-refractivity contribution in [1.82, 2.24) is 4.98 Å². The number of rotatable bonds is 3. The van der Waals surface area contributed by atoms with Crippen molar-refractivity contribution in [2.24, 2.45) is 0 Å². The highest BCUT2D eigenvalue weighted by Gasteiger charge is 2.21. The van der Waals surface area contributed by atoms with Crippen molar-refractivity contribution in [3.05, 3.63) is 58.1 Å². The zero-order valence-electron chi connectivity index (χ0n) is 10.8. The molecule has 0 N–H and O–H groups in total. The molecule has 0 aliphatic carbocycles. The van der Waals surface area contributed by atoms with E-state index in [2.05, 4.69) is 4.98 Å². The van der Waals surface area contributed by atoms with Crippen molar-refractivity contribution in [3.8, 4) is 17.5 Å². The van der Waals surface area contributed by atoms with E-state index < -0.39 is 4.92 Å². The van der Waals surface area contributed by atoms with Crippen LogP contribution in [0.2, 0.25) is 0 Å². The Hall–Kier alpha value is -3.20. The van der Waals surface area contributed by atoms with Gasteiger partial charge >= 0.3 is 0 Å². The number of nitro groups is 1. The first kappa shape index (κ1) is 12.8. The molecule has 3 rings (SSSR count). The van der Waals surface area contributed by atoms with E-state index in [1.54, 1.807) is 0 Å². The average Bonchev–Trinajstić information content (AvgIpc) is 2.93. The highest BCUT2D eigenvalue weighted by Crippen LogP contribution is 2.31. The highest BCUT2D eigenvalue weighted by molar-refractivity contribution is 5.83. The molecule has 0 aliphatic heterocycles. The van der Waals surface area contributed by atoms with E-state index in [1.807, 2.05) is 36.4 Å². The summed E-state index contributed by atoms with van der Waals surface area (Å²) in [6.45, 7) is 0. The van der Waals surface area contributed by atoms with Crippen molar-refractivity contribution in [1.29, 1.82) is 5.26 Å². The van der Waals surface area contributed by atoms with Crippen LogP contribution in [0.4, 0.5) is 5.69 Å². The predicted octanol–water partition coefficient (Wildman–Crippen LogP) is 3.47. The van der Waals surface area contributed by atoms with Crippen LogP contribution in [0.1, 0.15) is 5.56 Å². The van der Waals surface area contributed by atoms with Gasteiger partial charge in [-0.05, 0) is 18.2 Å². The zero-order chi connectivity index (χ0) is 14.8. The summed E-state index contributed by atoms with van der Waals surface area (Å²) in [4.78, 5) is 14.9. The maximum Gasteiger partial charge on any atom is 0.276 e. The van der Waals surface area contributed by atoms with Gasteiger partial charge in [0.1, 0.15) is 5.52 Å². The molecule has 0 bridgehead atoms. The van der Waals surface area contributed by atoms with Gasteiger partial charge in [-0.3, -0.25) is 10.1 Å². The van der Waals surface area contributed by atoms with Gasteiger partial charge in [-0.25, -0.2) is 4.98 Å². The second-order valence-corrected chi connectivity index (χ2v) is 4.39. The fourth-order valence-corrected chi connectivity index (χ4v) is 2.17. The van der Waals surface area contributed by atoms with Crippen LogP contribution >= 0.6 is 0 Å². The largest absolute Gasteiger partial charge is 0.436 e. The van der Waals surface area contributed by atoms with Gasteiger partial charge in [0.25, 0.3) is 5.69 Å². The molecule has 0 fully saturated rings. The molecular formula is C15H9N3O3. The van der Waals surface area contributed by atoms with E-state index in [4.69, 9.17) is 9.68 Å². The summed E-state index contributed by atoms with van der Waals surface area (Å²) in [6, 6.07) is 14.0. The third-order valence-corrected chi connectivity index (χ3v) is 3.11. The summed E-state index contributed by atoms with van der Waals surface area (Å²) in [6.07, 6.45) is -0.0889.